The molecule has 0 aliphatic heterocycles. The van der Waals surface area contributed by atoms with Gasteiger partial charge < -0.3 is 15.0 Å². The minimum Gasteiger partial charge on any atom is -0.444 e. The molecule has 1 aromatic rings. The summed E-state index contributed by atoms with van der Waals surface area (Å²) in [5.41, 5.74) is -0.592. The van der Waals surface area contributed by atoms with E-state index in [1.165, 1.54) is 4.90 Å². The van der Waals surface area contributed by atoms with Crippen molar-refractivity contribution in [2.24, 2.45) is 5.92 Å². The molecule has 8 heteroatoms. The first-order chi connectivity index (χ1) is 14.3. The Kier molecular flexibility index (Phi) is 10.5. The van der Waals surface area contributed by atoms with E-state index in [0.29, 0.717) is 13.1 Å². The number of ether oxygens (including phenoxy) is 1. The highest BCUT2D eigenvalue weighted by atomic mass is 32.2. The molecule has 1 aromatic carbocycles. The summed E-state index contributed by atoms with van der Waals surface area (Å²) in [7, 11) is -1.99. The van der Waals surface area contributed by atoms with Crippen molar-refractivity contribution in [3.05, 3.63) is 30.3 Å². The Morgan fingerprint density at radius 3 is 2.13 bits per heavy atom. The van der Waals surface area contributed by atoms with Gasteiger partial charge in [0, 0.05) is 38.8 Å². The summed E-state index contributed by atoms with van der Waals surface area (Å²) in [5.74, 6) is 0.210. The van der Waals surface area contributed by atoms with Gasteiger partial charge in [0.1, 0.15) is 5.60 Å². The summed E-state index contributed by atoms with van der Waals surface area (Å²) >= 11 is 0. The van der Waals surface area contributed by atoms with Crippen molar-refractivity contribution < 1.29 is 17.9 Å². The third-order valence-corrected chi connectivity index (χ3v) is 6.63. The number of hydrogen-bond acceptors (Lipinski definition) is 5. The molecular weight excluding hydrogens is 414 g/mol. The van der Waals surface area contributed by atoms with Crippen LogP contribution in [0.15, 0.2) is 35.2 Å². The summed E-state index contributed by atoms with van der Waals surface area (Å²) in [6, 6.07) is 8.38. The summed E-state index contributed by atoms with van der Waals surface area (Å²) < 4.78 is 33.8. The SMILES string of the molecule is CCC(C)CN(C[C@H](CN(C)C(=O)OC(C)(C)C)NC(C)C)S(=O)(=O)c1ccccc1. The minimum absolute atomic E-state index is 0.127. The first-order valence-corrected chi connectivity index (χ1v) is 12.5. The van der Waals surface area contributed by atoms with Crippen LogP contribution >= 0.6 is 0 Å². The average Bonchev–Trinajstić information content (AvgIpc) is 2.66. The van der Waals surface area contributed by atoms with E-state index in [4.69, 9.17) is 4.74 Å². The number of amides is 1. The molecule has 7 nitrogen and oxygen atoms in total. The number of rotatable bonds is 11. The fraction of sp³-hybridized carbons (Fsp3) is 0.696. The van der Waals surface area contributed by atoms with E-state index in [-0.39, 0.29) is 29.4 Å². The highest BCUT2D eigenvalue weighted by molar-refractivity contribution is 7.89. The largest absolute Gasteiger partial charge is 0.444 e. The molecule has 0 radical (unpaired) electrons. The zero-order valence-electron chi connectivity index (χ0n) is 20.4. The van der Waals surface area contributed by atoms with Gasteiger partial charge in [-0.05, 0) is 38.8 Å². The Bertz CT molecular complexity index is 776. The van der Waals surface area contributed by atoms with Gasteiger partial charge in [0.25, 0.3) is 0 Å². The molecule has 2 atom stereocenters. The van der Waals surface area contributed by atoms with Crippen LogP contribution in [0.25, 0.3) is 0 Å². The summed E-state index contributed by atoms with van der Waals surface area (Å²) in [6.45, 7) is 14.6. The molecule has 1 unspecified atom stereocenters. The summed E-state index contributed by atoms with van der Waals surface area (Å²) in [6.07, 6.45) is 0.448. The Morgan fingerprint density at radius 1 is 1.06 bits per heavy atom. The van der Waals surface area contributed by atoms with Crippen molar-refractivity contribution in [2.75, 3.05) is 26.7 Å². The highest BCUT2D eigenvalue weighted by Gasteiger charge is 2.30. The second-order valence-corrected chi connectivity index (χ2v) is 11.5. The lowest BCUT2D eigenvalue weighted by atomic mass is 10.1. The van der Waals surface area contributed by atoms with Crippen LogP contribution in [0.4, 0.5) is 4.79 Å². The van der Waals surface area contributed by atoms with Crippen molar-refractivity contribution in [1.82, 2.24) is 14.5 Å². The molecule has 1 N–H and O–H groups in total. The van der Waals surface area contributed by atoms with Gasteiger partial charge in [-0.2, -0.15) is 4.31 Å². The first kappa shape index (κ1) is 27.4. The fourth-order valence-electron chi connectivity index (χ4n) is 3.11. The van der Waals surface area contributed by atoms with Crippen LogP contribution in [0.1, 0.15) is 54.9 Å². The molecule has 0 fully saturated rings. The Labute approximate surface area is 189 Å². The number of nitrogens with zero attached hydrogens (tertiary/aromatic N) is 2. The molecular formula is C23H41N3O4S. The number of sulfonamides is 1. The third kappa shape index (κ3) is 9.58. The van der Waals surface area contributed by atoms with E-state index in [1.807, 2.05) is 41.5 Å². The normalized spacial score (nSPS) is 14.5. The Morgan fingerprint density at radius 2 is 1.65 bits per heavy atom. The molecule has 0 aromatic heterocycles. The van der Waals surface area contributed by atoms with Gasteiger partial charge in [-0.1, -0.05) is 52.3 Å². The predicted molar refractivity (Wildman–Crippen MR) is 126 cm³/mol. The van der Waals surface area contributed by atoms with E-state index in [2.05, 4.69) is 12.2 Å². The molecule has 0 bridgehead atoms. The number of carbonyl (C=O) groups is 1. The maximum Gasteiger partial charge on any atom is 0.410 e. The predicted octanol–water partition coefficient (Wildman–Crippen LogP) is 3.96. The van der Waals surface area contributed by atoms with Gasteiger partial charge >= 0.3 is 6.09 Å². The lowest BCUT2D eigenvalue weighted by molar-refractivity contribution is 0.0277. The molecule has 0 saturated heterocycles. The van der Waals surface area contributed by atoms with Gasteiger partial charge in [-0.3, -0.25) is 0 Å². The lowest BCUT2D eigenvalue weighted by Crippen LogP contribution is -2.52. The number of likely N-dealkylation sites (N-methyl/N-ethyl adjacent to an activating group) is 1. The third-order valence-electron chi connectivity index (χ3n) is 4.79. The number of hydrogen-bond donors (Lipinski definition) is 1. The van der Waals surface area contributed by atoms with Gasteiger partial charge in [0.2, 0.25) is 10.0 Å². The van der Waals surface area contributed by atoms with Crippen molar-refractivity contribution in [1.29, 1.82) is 0 Å². The van der Waals surface area contributed by atoms with Gasteiger partial charge in [0.05, 0.1) is 4.90 Å². The second-order valence-electron chi connectivity index (χ2n) is 9.53. The number of benzene rings is 1. The van der Waals surface area contributed by atoms with Crippen molar-refractivity contribution in [2.45, 2.75) is 77.5 Å². The molecule has 0 heterocycles. The van der Waals surface area contributed by atoms with Gasteiger partial charge in [-0.15, -0.1) is 0 Å². The van der Waals surface area contributed by atoms with Crippen LogP contribution in [0, 0.1) is 5.92 Å². The standard InChI is InChI=1S/C23H41N3O4S/c1-9-19(4)15-26(31(28,29)21-13-11-10-12-14-21)17-20(24-18(2)3)16-25(8)22(27)30-23(5,6)7/h10-14,18-20,24H,9,15-17H2,1-8H3/t19?,20-/m0/s1. The van der Waals surface area contributed by atoms with Crippen LogP contribution in [-0.2, 0) is 14.8 Å². The number of carbonyl (C=O) groups excluding carboxylic acids is 1. The van der Waals surface area contributed by atoms with Crippen molar-refractivity contribution in [3.63, 3.8) is 0 Å². The molecule has 1 rings (SSSR count). The van der Waals surface area contributed by atoms with Crippen LogP contribution in [0.2, 0.25) is 0 Å². The zero-order valence-corrected chi connectivity index (χ0v) is 21.2. The average molecular weight is 456 g/mol. The summed E-state index contributed by atoms with van der Waals surface area (Å²) in [5, 5.41) is 3.42. The monoisotopic (exact) mass is 455 g/mol. The fourth-order valence-corrected chi connectivity index (χ4v) is 4.74. The first-order valence-electron chi connectivity index (χ1n) is 11.0. The second kappa shape index (κ2) is 11.8. The van der Waals surface area contributed by atoms with Gasteiger partial charge in [0.15, 0.2) is 0 Å². The van der Waals surface area contributed by atoms with Crippen LogP contribution in [-0.4, -0.2) is 68.1 Å². The maximum atomic E-state index is 13.4. The smallest absolute Gasteiger partial charge is 0.410 e. The molecule has 0 saturated carbocycles. The topological polar surface area (TPSA) is 79.0 Å². The van der Waals surface area contributed by atoms with Gasteiger partial charge in [-0.25, -0.2) is 13.2 Å². The Hall–Kier alpha value is -1.64. The van der Waals surface area contributed by atoms with E-state index in [9.17, 15) is 13.2 Å². The number of nitrogens with one attached hydrogen (secondary N) is 1. The molecule has 0 spiro atoms. The molecule has 1 amide bonds. The van der Waals surface area contributed by atoms with Crippen LogP contribution < -0.4 is 5.32 Å². The van der Waals surface area contributed by atoms with E-state index in [0.717, 1.165) is 6.42 Å². The van der Waals surface area contributed by atoms with E-state index >= 15 is 0 Å². The van der Waals surface area contributed by atoms with Crippen molar-refractivity contribution in [3.8, 4) is 0 Å². The van der Waals surface area contributed by atoms with Crippen molar-refractivity contribution >= 4 is 16.1 Å². The molecule has 31 heavy (non-hydrogen) atoms. The zero-order chi connectivity index (χ0) is 23.8. The molecule has 0 aliphatic carbocycles. The quantitative estimate of drug-likeness (QED) is 0.546. The van der Waals surface area contributed by atoms with Crippen LogP contribution in [0.5, 0.6) is 0 Å². The minimum atomic E-state index is -3.66. The maximum absolute atomic E-state index is 13.4. The van der Waals surface area contributed by atoms with E-state index < -0.39 is 21.7 Å². The van der Waals surface area contributed by atoms with Crippen LogP contribution in [0.3, 0.4) is 0 Å². The lowest BCUT2D eigenvalue weighted by Gasteiger charge is -2.33. The highest BCUT2D eigenvalue weighted by Crippen LogP contribution is 2.19. The summed E-state index contributed by atoms with van der Waals surface area (Å²) in [4.78, 5) is 14.2. The van der Waals surface area contributed by atoms with E-state index in [1.54, 1.807) is 41.7 Å². The molecule has 178 valence electrons. The molecule has 0 aliphatic rings. The Balaban J connectivity index is 3.13.